The Bertz CT molecular complexity index is 1200. The predicted molar refractivity (Wildman–Crippen MR) is 125 cm³/mol. The molecule has 2 saturated heterocycles. The zero-order valence-electron chi connectivity index (χ0n) is 19.9. The number of amides is 3. The van der Waals surface area contributed by atoms with Crippen molar-refractivity contribution >= 4 is 17.7 Å². The molecule has 1 saturated carbocycles. The normalized spacial score (nSPS) is 27.0. The van der Waals surface area contributed by atoms with Crippen LogP contribution in [-0.2, 0) is 16.1 Å². The van der Waals surface area contributed by atoms with Crippen LogP contribution < -0.4 is 10.1 Å². The molecule has 0 spiro atoms. The van der Waals surface area contributed by atoms with Crippen molar-refractivity contribution in [2.75, 3.05) is 13.1 Å². The Morgan fingerprint density at radius 1 is 1.03 bits per heavy atom. The molecule has 2 aromatic rings. The highest BCUT2D eigenvalue weighted by molar-refractivity contribution is 6.05. The van der Waals surface area contributed by atoms with Gasteiger partial charge in [0, 0.05) is 43.6 Å². The van der Waals surface area contributed by atoms with Crippen molar-refractivity contribution in [1.29, 1.82) is 0 Å². The summed E-state index contributed by atoms with van der Waals surface area (Å²) in [5.74, 6) is 0.303. The van der Waals surface area contributed by atoms with Gasteiger partial charge in [-0.25, -0.2) is 14.4 Å². The Morgan fingerprint density at radius 2 is 1.81 bits per heavy atom. The quantitative estimate of drug-likeness (QED) is 0.637. The summed E-state index contributed by atoms with van der Waals surface area (Å²) in [7, 11) is 0. The number of ether oxygens (including phenoxy) is 1. The molecule has 9 nitrogen and oxygen atoms in total. The van der Waals surface area contributed by atoms with Gasteiger partial charge in [0.15, 0.2) is 5.82 Å². The van der Waals surface area contributed by atoms with E-state index in [1.54, 1.807) is 11.0 Å². The lowest BCUT2D eigenvalue weighted by molar-refractivity contribution is -0.136. The fourth-order valence-electron chi connectivity index (χ4n) is 5.91. The number of carbonyl (C=O) groups excluding carboxylic acids is 3. The van der Waals surface area contributed by atoms with Crippen molar-refractivity contribution in [2.45, 2.75) is 69.2 Å². The maximum Gasteiger partial charge on any atom is 0.255 e. The molecule has 3 aliphatic heterocycles. The molecule has 1 aliphatic carbocycles. The van der Waals surface area contributed by atoms with Crippen molar-refractivity contribution in [3.8, 4) is 5.75 Å². The first-order valence-electron chi connectivity index (χ1n) is 12.6. The third-order valence-corrected chi connectivity index (χ3v) is 7.83. The van der Waals surface area contributed by atoms with Crippen LogP contribution >= 0.6 is 0 Å². The van der Waals surface area contributed by atoms with Gasteiger partial charge in [-0.15, -0.1) is 0 Å². The standard InChI is InChI=1S/C26H28FN5O4/c27-17-10-28-24(29-11-17)16-12-31(13-16)20-3-1-2-4-22(20)36-18-5-6-19-15(9-18)14-32(26(19)35)21-7-8-23(33)30-25(21)34/h5-6,9-11,16,20-22H,1-4,7-8,12-14H2,(H,30,33,34)/t20-,21?,22-/m1/s1. The van der Waals surface area contributed by atoms with Crippen molar-refractivity contribution in [3.63, 3.8) is 0 Å². The maximum atomic E-state index is 13.1. The van der Waals surface area contributed by atoms with E-state index in [0.29, 0.717) is 24.4 Å². The van der Waals surface area contributed by atoms with E-state index in [0.717, 1.165) is 50.1 Å². The average molecular weight is 494 g/mol. The predicted octanol–water partition coefficient (Wildman–Crippen LogP) is 2.17. The lowest BCUT2D eigenvalue weighted by Gasteiger charge is -2.47. The number of likely N-dealkylation sites (tertiary alicyclic amines) is 1. The molecule has 1 aromatic heterocycles. The molecule has 3 fully saturated rings. The minimum Gasteiger partial charge on any atom is -0.489 e. The van der Waals surface area contributed by atoms with Gasteiger partial charge in [0.1, 0.15) is 23.7 Å². The number of piperidine rings is 1. The molecule has 10 heteroatoms. The van der Waals surface area contributed by atoms with Crippen LogP contribution in [0.5, 0.6) is 5.75 Å². The number of fused-ring (bicyclic) bond motifs is 1. The summed E-state index contributed by atoms with van der Waals surface area (Å²) in [6.07, 6.45) is 7.32. The number of aromatic nitrogens is 2. The second-order valence-electron chi connectivity index (χ2n) is 10.1. The van der Waals surface area contributed by atoms with Crippen molar-refractivity contribution in [1.82, 2.24) is 25.1 Å². The van der Waals surface area contributed by atoms with Crippen molar-refractivity contribution in [3.05, 3.63) is 53.4 Å². The van der Waals surface area contributed by atoms with E-state index < -0.39 is 17.8 Å². The molecular formula is C26H28FN5O4. The van der Waals surface area contributed by atoms with Gasteiger partial charge in [-0.05, 0) is 49.4 Å². The Labute approximate surface area is 208 Å². The number of hydrogen-bond acceptors (Lipinski definition) is 7. The molecular weight excluding hydrogens is 465 g/mol. The summed E-state index contributed by atoms with van der Waals surface area (Å²) >= 11 is 0. The molecule has 0 bridgehead atoms. The van der Waals surface area contributed by atoms with Gasteiger partial charge in [0.2, 0.25) is 11.8 Å². The molecule has 36 heavy (non-hydrogen) atoms. The summed E-state index contributed by atoms with van der Waals surface area (Å²) in [4.78, 5) is 49.0. The smallest absolute Gasteiger partial charge is 0.255 e. The summed E-state index contributed by atoms with van der Waals surface area (Å²) < 4.78 is 19.6. The zero-order chi connectivity index (χ0) is 24.8. The van der Waals surface area contributed by atoms with Crippen LogP contribution in [0.2, 0.25) is 0 Å². The van der Waals surface area contributed by atoms with Crippen LogP contribution in [0.3, 0.4) is 0 Å². The molecule has 188 valence electrons. The number of nitrogens with zero attached hydrogens (tertiary/aromatic N) is 4. The monoisotopic (exact) mass is 493 g/mol. The van der Waals surface area contributed by atoms with Crippen LogP contribution in [0.25, 0.3) is 0 Å². The van der Waals surface area contributed by atoms with Gasteiger partial charge in [-0.1, -0.05) is 6.42 Å². The Balaban J connectivity index is 1.11. The highest BCUT2D eigenvalue weighted by Crippen LogP contribution is 2.36. The second-order valence-corrected chi connectivity index (χ2v) is 10.1. The van der Waals surface area contributed by atoms with Crippen LogP contribution in [0, 0.1) is 5.82 Å². The minimum absolute atomic E-state index is 0.0372. The summed E-state index contributed by atoms with van der Waals surface area (Å²) in [5.41, 5.74) is 1.42. The van der Waals surface area contributed by atoms with E-state index in [1.807, 2.05) is 12.1 Å². The number of hydrogen-bond donors (Lipinski definition) is 1. The fourth-order valence-corrected chi connectivity index (χ4v) is 5.91. The fraction of sp³-hybridized carbons (Fsp3) is 0.500. The summed E-state index contributed by atoms with van der Waals surface area (Å²) in [6, 6.07) is 5.18. The van der Waals surface area contributed by atoms with Crippen molar-refractivity contribution < 1.29 is 23.5 Å². The third-order valence-electron chi connectivity index (χ3n) is 7.83. The van der Waals surface area contributed by atoms with E-state index >= 15 is 0 Å². The molecule has 1 N–H and O–H groups in total. The molecule has 1 unspecified atom stereocenters. The van der Waals surface area contributed by atoms with Gasteiger partial charge < -0.3 is 9.64 Å². The zero-order valence-corrected chi connectivity index (χ0v) is 19.9. The van der Waals surface area contributed by atoms with Crippen LogP contribution in [-0.4, -0.2) is 68.8 Å². The maximum absolute atomic E-state index is 13.1. The minimum atomic E-state index is -0.626. The number of benzene rings is 1. The average Bonchev–Trinajstić information content (AvgIpc) is 3.16. The van der Waals surface area contributed by atoms with E-state index in [4.69, 9.17) is 4.74 Å². The Hall–Kier alpha value is -3.40. The lowest BCUT2D eigenvalue weighted by Crippen LogP contribution is -2.57. The van der Waals surface area contributed by atoms with Crippen LogP contribution in [0.1, 0.15) is 66.2 Å². The van der Waals surface area contributed by atoms with Gasteiger partial charge in [0.05, 0.1) is 12.4 Å². The number of rotatable bonds is 5. The number of carbonyl (C=O) groups is 3. The topological polar surface area (TPSA) is 105 Å². The molecule has 0 radical (unpaired) electrons. The molecule has 3 amide bonds. The SMILES string of the molecule is O=C1CCC(N2Cc3cc(O[C@@H]4CCCC[C@H]4N4CC(c5ncc(F)cn5)C4)ccc3C2=O)C(=O)N1. The molecule has 4 aliphatic rings. The first kappa shape index (κ1) is 23.0. The van der Waals surface area contributed by atoms with Gasteiger partial charge >= 0.3 is 0 Å². The summed E-state index contributed by atoms with van der Waals surface area (Å²) in [5, 5.41) is 2.34. The third kappa shape index (κ3) is 4.23. The largest absolute Gasteiger partial charge is 0.489 e. The first-order chi connectivity index (χ1) is 17.5. The van der Waals surface area contributed by atoms with Gasteiger partial charge in [-0.2, -0.15) is 0 Å². The van der Waals surface area contributed by atoms with Crippen LogP contribution in [0.4, 0.5) is 4.39 Å². The highest BCUT2D eigenvalue weighted by atomic mass is 19.1. The van der Waals surface area contributed by atoms with Gasteiger partial charge in [-0.3, -0.25) is 24.6 Å². The van der Waals surface area contributed by atoms with Crippen LogP contribution in [0.15, 0.2) is 30.6 Å². The Morgan fingerprint density at radius 3 is 2.58 bits per heavy atom. The first-order valence-corrected chi connectivity index (χ1v) is 12.6. The molecule has 6 rings (SSSR count). The number of imide groups is 1. The van der Waals surface area contributed by atoms with Gasteiger partial charge in [0.25, 0.3) is 5.91 Å². The van der Waals surface area contributed by atoms with E-state index in [-0.39, 0.29) is 36.3 Å². The van der Waals surface area contributed by atoms with Crippen molar-refractivity contribution in [2.24, 2.45) is 0 Å². The molecule has 1 aromatic carbocycles. The van der Waals surface area contributed by atoms with E-state index in [9.17, 15) is 18.8 Å². The summed E-state index contributed by atoms with van der Waals surface area (Å²) in [6.45, 7) is 1.99. The molecule has 4 heterocycles. The molecule has 3 atom stereocenters. The van der Waals surface area contributed by atoms with E-state index in [1.165, 1.54) is 12.4 Å². The number of halogens is 1. The number of nitrogens with one attached hydrogen (secondary N) is 1. The highest BCUT2D eigenvalue weighted by Gasteiger charge is 2.41. The lowest BCUT2D eigenvalue weighted by atomic mass is 9.86. The Kier molecular flexibility index (Phi) is 5.91. The second kappa shape index (κ2) is 9.24. The van der Waals surface area contributed by atoms with E-state index in [2.05, 4.69) is 20.2 Å².